The Hall–Kier alpha value is -3.02. The second-order valence-corrected chi connectivity index (χ2v) is 8.98. The van der Waals surface area contributed by atoms with Gasteiger partial charge in [0, 0.05) is 31.3 Å². The molecule has 4 rings (SSSR count). The molecule has 170 valence electrons. The van der Waals surface area contributed by atoms with E-state index in [0.29, 0.717) is 17.6 Å². The fraction of sp³-hybridized carbons (Fsp3) is 0.462. The molecule has 3 aromatic rings. The van der Waals surface area contributed by atoms with Gasteiger partial charge in [-0.3, -0.25) is 4.79 Å². The third kappa shape index (κ3) is 4.59. The van der Waals surface area contributed by atoms with Crippen LogP contribution in [0, 0.1) is 12.8 Å². The van der Waals surface area contributed by atoms with Gasteiger partial charge in [-0.25, -0.2) is 14.5 Å². The van der Waals surface area contributed by atoms with Gasteiger partial charge in [0.25, 0.3) is 0 Å². The predicted molar refractivity (Wildman–Crippen MR) is 131 cm³/mol. The third-order valence-electron chi connectivity index (χ3n) is 6.65. The summed E-state index contributed by atoms with van der Waals surface area (Å²) < 4.78 is 1.78. The number of nitrogens with one attached hydrogen (secondary N) is 1. The van der Waals surface area contributed by atoms with E-state index in [0.717, 1.165) is 60.0 Å². The zero-order valence-electron chi connectivity index (χ0n) is 19.4. The number of hydrogen-bond donors (Lipinski definition) is 1. The molecule has 0 saturated heterocycles. The number of aryl methyl sites for hydroxylation is 1. The van der Waals surface area contributed by atoms with Crippen molar-refractivity contribution in [3.05, 3.63) is 59.7 Å². The summed E-state index contributed by atoms with van der Waals surface area (Å²) in [6, 6.07) is 4.31. The topological polar surface area (TPSA) is 72.2 Å². The fourth-order valence-electron chi connectivity index (χ4n) is 4.43. The maximum atomic E-state index is 13.3. The lowest BCUT2D eigenvalue weighted by Gasteiger charge is -2.14. The lowest BCUT2D eigenvalue weighted by atomic mass is 9.91. The molecule has 6 heteroatoms. The Labute approximate surface area is 191 Å². The Morgan fingerprint density at radius 1 is 1.25 bits per heavy atom. The molecule has 1 N–H and O–H groups in total. The second-order valence-electron chi connectivity index (χ2n) is 8.98. The summed E-state index contributed by atoms with van der Waals surface area (Å²) in [5.74, 6) is 0.971. The lowest BCUT2D eigenvalue weighted by molar-refractivity contribution is 0.0909. The average molecular weight is 434 g/mol. The van der Waals surface area contributed by atoms with Crippen LogP contribution in [0.2, 0.25) is 0 Å². The zero-order valence-corrected chi connectivity index (χ0v) is 19.4. The number of aromatic nitrogens is 4. The van der Waals surface area contributed by atoms with E-state index < -0.39 is 0 Å². The maximum absolute atomic E-state index is 13.3. The van der Waals surface area contributed by atoms with Crippen LogP contribution in [0.4, 0.5) is 5.95 Å². The van der Waals surface area contributed by atoms with Crippen molar-refractivity contribution in [2.45, 2.75) is 71.8 Å². The van der Waals surface area contributed by atoms with Crippen molar-refractivity contribution in [2.24, 2.45) is 5.92 Å². The smallest absolute Gasteiger partial charge is 0.223 e. The van der Waals surface area contributed by atoms with E-state index in [-0.39, 0.29) is 13.1 Å². The minimum atomic E-state index is 0. The highest BCUT2D eigenvalue weighted by atomic mass is 16.1. The van der Waals surface area contributed by atoms with Crippen molar-refractivity contribution in [1.82, 2.24) is 19.6 Å². The Morgan fingerprint density at radius 2 is 2.00 bits per heavy atom. The van der Waals surface area contributed by atoms with Crippen LogP contribution in [0.5, 0.6) is 0 Å². The Bertz CT molecular complexity index is 1130. The van der Waals surface area contributed by atoms with E-state index in [1.54, 1.807) is 10.7 Å². The van der Waals surface area contributed by atoms with Crippen LogP contribution in [0.25, 0.3) is 11.1 Å². The quantitative estimate of drug-likeness (QED) is 0.360. The first-order valence-corrected chi connectivity index (χ1v) is 11.8. The van der Waals surface area contributed by atoms with Crippen molar-refractivity contribution < 1.29 is 6.22 Å². The first kappa shape index (κ1) is 22.2. The number of Topliss-reactive ketones (excluding diaryl/α,β-unsaturated/α-hetero) is 1. The molecule has 0 bridgehead atoms. The van der Waals surface area contributed by atoms with E-state index in [9.17, 15) is 4.79 Å². The van der Waals surface area contributed by atoms with E-state index in [1.165, 1.54) is 12.8 Å². The minimum absolute atomic E-state index is 0. The molecule has 1 fully saturated rings. The van der Waals surface area contributed by atoms with Crippen LogP contribution in [-0.2, 0) is 0 Å². The Kier molecular flexibility index (Phi) is 6.68. The third-order valence-corrected chi connectivity index (χ3v) is 6.65. The number of hydrogen-bond acceptors (Lipinski definition) is 5. The van der Waals surface area contributed by atoms with Gasteiger partial charge in [-0.15, -0.1) is 0 Å². The zero-order chi connectivity index (χ0) is 22.7. The van der Waals surface area contributed by atoms with E-state index in [2.05, 4.69) is 40.8 Å². The molecule has 0 amide bonds. The summed E-state index contributed by atoms with van der Waals surface area (Å²) in [6.45, 7) is 10.5. The summed E-state index contributed by atoms with van der Waals surface area (Å²) in [5.41, 5.74) is 5.12. The summed E-state index contributed by atoms with van der Waals surface area (Å²) in [7, 11) is 0. The predicted octanol–water partition coefficient (Wildman–Crippen LogP) is 6.10. The van der Waals surface area contributed by atoms with Gasteiger partial charge in [0.1, 0.15) is 0 Å². The Balaban J connectivity index is 0.00000306. The van der Waals surface area contributed by atoms with Crippen LogP contribution < -0.4 is 5.32 Å². The second kappa shape index (κ2) is 9.63. The number of ketones is 1. The molecule has 6 nitrogen and oxygen atoms in total. The summed E-state index contributed by atoms with van der Waals surface area (Å²) in [4.78, 5) is 22.4. The van der Waals surface area contributed by atoms with Gasteiger partial charge < -0.3 is 5.32 Å². The lowest BCUT2D eigenvalue weighted by Crippen LogP contribution is -2.16. The molecule has 3 aromatic heterocycles. The van der Waals surface area contributed by atoms with Crippen LogP contribution >= 0.6 is 0 Å². The molecule has 1 aliphatic rings. The molecular formula is C26H35N5O. The maximum Gasteiger partial charge on any atom is 0.223 e. The molecule has 1 saturated carbocycles. The molecule has 32 heavy (non-hydrogen) atoms. The van der Waals surface area contributed by atoms with Crippen LogP contribution in [0.1, 0.15) is 87.4 Å². The van der Waals surface area contributed by atoms with Crippen LogP contribution in [0.15, 0.2) is 37.3 Å². The normalized spacial score (nSPS) is 16.0. The summed E-state index contributed by atoms with van der Waals surface area (Å²) in [6.07, 6.45) is 13.2. The fourth-order valence-corrected chi connectivity index (χ4v) is 4.43. The van der Waals surface area contributed by atoms with Crippen molar-refractivity contribution in [2.75, 3.05) is 5.32 Å². The minimum Gasteiger partial charge on any atom is -0.352 e. The van der Waals surface area contributed by atoms with E-state index in [1.807, 2.05) is 31.5 Å². The molecule has 3 heterocycles. The number of carbonyl (C=O) groups excluding carboxylic acids is 1. The molecule has 0 aliphatic heterocycles. The van der Waals surface area contributed by atoms with Gasteiger partial charge in [0.2, 0.25) is 5.95 Å². The number of pyridine rings is 1. The number of fused-ring (bicyclic) bond motifs is 1. The van der Waals surface area contributed by atoms with Gasteiger partial charge in [0.05, 0.1) is 23.0 Å². The standard InChI is InChI=1S/C26H33N5O.H2/c1-5-17(2)29-26-27-15-22(19(4)30-26)18(3)21-12-13-31-24(14-21)23(16-28-31)25(32)20-10-8-6-7-9-11-20;/h12-17,20H,3,5-11H2,1-2,4H3,(H,27,29,30);1H/t17-;/m0./s1. The van der Waals surface area contributed by atoms with Crippen molar-refractivity contribution in [1.29, 1.82) is 0 Å². The van der Waals surface area contributed by atoms with Crippen molar-refractivity contribution >= 4 is 22.8 Å². The number of carbonyl (C=O) groups is 1. The monoisotopic (exact) mass is 433 g/mol. The van der Waals surface area contributed by atoms with E-state index >= 15 is 0 Å². The number of nitrogens with zero attached hydrogens (tertiary/aromatic N) is 4. The number of rotatable bonds is 7. The first-order valence-electron chi connectivity index (χ1n) is 11.8. The first-order chi connectivity index (χ1) is 15.5. The van der Waals surface area contributed by atoms with Gasteiger partial charge in [-0.1, -0.05) is 39.2 Å². The molecule has 0 spiro atoms. The van der Waals surface area contributed by atoms with Crippen molar-refractivity contribution in [3.8, 4) is 0 Å². The molecule has 1 atom stereocenters. The van der Waals surface area contributed by atoms with Crippen LogP contribution in [-0.4, -0.2) is 31.4 Å². The van der Waals surface area contributed by atoms with E-state index in [4.69, 9.17) is 0 Å². The van der Waals surface area contributed by atoms with Gasteiger partial charge in [0.15, 0.2) is 5.78 Å². The number of anilines is 1. The highest BCUT2D eigenvalue weighted by Gasteiger charge is 2.24. The average Bonchev–Trinajstić information content (AvgIpc) is 3.02. The van der Waals surface area contributed by atoms with Gasteiger partial charge in [-0.05, 0) is 56.4 Å². The Morgan fingerprint density at radius 3 is 2.69 bits per heavy atom. The van der Waals surface area contributed by atoms with Gasteiger partial charge in [-0.2, -0.15) is 5.10 Å². The summed E-state index contributed by atoms with van der Waals surface area (Å²) in [5, 5.41) is 7.74. The largest absolute Gasteiger partial charge is 0.352 e. The highest BCUT2D eigenvalue weighted by molar-refractivity contribution is 6.04. The summed E-state index contributed by atoms with van der Waals surface area (Å²) >= 11 is 0. The van der Waals surface area contributed by atoms with Crippen molar-refractivity contribution in [3.63, 3.8) is 0 Å². The molecule has 1 aliphatic carbocycles. The van der Waals surface area contributed by atoms with Gasteiger partial charge >= 0.3 is 0 Å². The SMILES string of the molecule is C=C(c1ccn2ncc(C(=O)C3CCCCCC3)c2c1)c1cnc(N[C@@H](C)CC)nc1C.[HH]. The van der Waals surface area contributed by atoms with Crippen LogP contribution in [0.3, 0.4) is 0 Å². The highest BCUT2D eigenvalue weighted by Crippen LogP contribution is 2.29. The molecule has 0 aromatic carbocycles. The molecule has 0 radical (unpaired) electrons. The molecule has 0 unspecified atom stereocenters. The molecular weight excluding hydrogens is 398 g/mol.